The van der Waals surface area contributed by atoms with Crippen molar-refractivity contribution in [2.24, 2.45) is 17.8 Å². The summed E-state index contributed by atoms with van der Waals surface area (Å²) in [5, 5.41) is 3.99. The van der Waals surface area contributed by atoms with E-state index in [1.165, 1.54) is 50.5 Å². The Balaban J connectivity index is 1.18. The van der Waals surface area contributed by atoms with Crippen LogP contribution in [0.2, 0.25) is 0 Å². The normalized spacial score (nSPS) is 32.5. The molecule has 3 aliphatic rings. The van der Waals surface area contributed by atoms with E-state index in [9.17, 15) is 0 Å². The predicted octanol–water partition coefficient (Wildman–Crippen LogP) is 5.31. The van der Waals surface area contributed by atoms with Gasteiger partial charge in [0.2, 0.25) is 0 Å². The molecule has 0 amide bonds. The number of fused-ring (bicyclic) bond motifs is 2. The summed E-state index contributed by atoms with van der Waals surface area (Å²) >= 11 is 0. The number of hydrogen-bond donors (Lipinski definition) is 1. The van der Waals surface area contributed by atoms with Gasteiger partial charge < -0.3 is 14.5 Å². The van der Waals surface area contributed by atoms with Crippen molar-refractivity contribution >= 4 is 0 Å². The Kier molecular flexibility index (Phi) is 4.28. The van der Waals surface area contributed by atoms with Gasteiger partial charge in [0.05, 0.1) is 6.26 Å². The molecule has 3 nitrogen and oxygen atoms in total. The molecule has 1 aromatic heterocycles. The minimum absolute atomic E-state index is 0.416. The van der Waals surface area contributed by atoms with Crippen LogP contribution >= 0.6 is 0 Å². The number of furan rings is 1. The van der Waals surface area contributed by atoms with E-state index in [0.717, 1.165) is 35.8 Å². The highest BCUT2D eigenvalue weighted by Crippen LogP contribution is 2.54. The molecule has 3 bridgehead atoms. The molecule has 3 fully saturated rings. The first-order valence-corrected chi connectivity index (χ1v) is 10.3. The van der Waals surface area contributed by atoms with Gasteiger partial charge in [-0.15, -0.1) is 0 Å². The highest BCUT2D eigenvalue weighted by atomic mass is 16.5. The third-order valence-corrected chi connectivity index (χ3v) is 7.13. The Bertz CT molecular complexity index is 719. The number of nitrogens with one attached hydrogen (secondary N) is 1. The van der Waals surface area contributed by atoms with Crippen molar-refractivity contribution in [1.82, 2.24) is 5.32 Å². The zero-order chi connectivity index (χ0) is 17.4. The largest absolute Gasteiger partial charge is 0.486 e. The van der Waals surface area contributed by atoms with E-state index in [0.29, 0.717) is 12.1 Å². The zero-order valence-corrected chi connectivity index (χ0v) is 15.5. The van der Waals surface area contributed by atoms with Crippen LogP contribution in [0.1, 0.15) is 56.3 Å². The van der Waals surface area contributed by atoms with Crippen molar-refractivity contribution in [3.8, 4) is 5.75 Å². The first-order valence-electron chi connectivity index (χ1n) is 10.3. The van der Waals surface area contributed by atoms with Gasteiger partial charge in [0.15, 0.2) is 0 Å². The molecule has 1 aromatic carbocycles. The molecule has 3 heteroatoms. The molecule has 0 aliphatic heterocycles. The molecule has 5 rings (SSSR count). The lowest BCUT2D eigenvalue weighted by molar-refractivity contribution is -0.00502. The molecular formula is C23H29NO2. The number of ether oxygens (including phenoxy) is 1. The molecule has 0 radical (unpaired) electrons. The van der Waals surface area contributed by atoms with Crippen LogP contribution in [-0.2, 0) is 13.2 Å². The fourth-order valence-corrected chi connectivity index (χ4v) is 5.82. The quantitative estimate of drug-likeness (QED) is 0.766. The van der Waals surface area contributed by atoms with Crippen molar-refractivity contribution in [3.63, 3.8) is 0 Å². The number of hydrogen-bond acceptors (Lipinski definition) is 3. The smallest absolute Gasteiger partial charge is 0.146 e. The van der Waals surface area contributed by atoms with E-state index in [1.807, 2.05) is 12.1 Å². The lowest BCUT2D eigenvalue weighted by atomic mass is 9.54. The second-order valence-electron chi connectivity index (χ2n) is 8.79. The minimum atomic E-state index is 0.416. The van der Waals surface area contributed by atoms with Gasteiger partial charge >= 0.3 is 0 Å². The fraction of sp³-hybridized carbons (Fsp3) is 0.565. The summed E-state index contributed by atoms with van der Waals surface area (Å²) in [6, 6.07) is 12.4. The van der Waals surface area contributed by atoms with Crippen molar-refractivity contribution in [2.75, 3.05) is 0 Å². The Morgan fingerprint density at radius 3 is 2.81 bits per heavy atom. The van der Waals surface area contributed by atoms with Crippen LogP contribution in [0.4, 0.5) is 0 Å². The summed E-state index contributed by atoms with van der Waals surface area (Å²) in [4.78, 5) is 0. The van der Waals surface area contributed by atoms with E-state index in [4.69, 9.17) is 9.15 Å². The standard InChI is InChI=1S/C23H29NO2/c1-2-22(25-11-1)16-26-21-7-4-17(5-8-21)15-24-23-10-9-19-6-3-18(13-23)12-20(19)14-23/h1-2,4-5,7-8,11,18-20,24H,3,6,9-10,12-16H2. The third-order valence-electron chi connectivity index (χ3n) is 7.13. The van der Waals surface area contributed by atoms with Gasteiger partial charge in [0.25, 0.3) is 0 Å². The molecule has 1 heterocycles. The second-order valence-corrected chi connectivity index (χ2v) is 8.79. The maximum absolute atomic E-state index is 5.78. The maximum Gasteiger partial charge on any atom is 0.146 e. The SMILES string of the molecule is c1coc(COc2ccc(CNC34CCC5CCC(CC5C3)C4)cc2)c1. The summed E-state index contributed by atoms with van der Waals surface area (Å²) < 4.78 is 11.1. The van der Waals surface area contributed by atoms with Crippen molar-refractivity contribution in [3.05, 3.63) is 54.0 Å². The van der Waals surface area contributed by atoms with E-state index in [1.54, 1.807) is 6.26 Å². The molecule has 26 heavy (non-hydrogen) atoms. The molecule has 0 saturated heterocycles. The third kappa shape index (κ3) is 3.29. The minimum Gasteiger partial charge on any atom is -0.486 e. The summed E-state index contributed by atoms with van der Waals surface area (Å²) in [5.74, 6) is 4.77. The zero-order valence-electron chi connectivity index (χ0n) is 15.5. The average Bonchev–Trinajstić information content (AvgIpc) is 3.18. The maximum atomic E-state index is 5.78. The fourth-order valence-electron chi connectivity index (χ4n) is 5.82. The lowest BCUT2D eigenvalue weighted by Gasteiger charge is -2.55. The van der Waals surface area contributed by atoms with E-state index >= 15 is 0 Å². The summed E-state index contributed by atoms with van der Waals surface area (Å²) in [6.45, 7) is 1.46. The average molecular weight is 351 g/mol. The van der Waals surface area contributed by atoms with Crippen LogP contribution in [0.5, 0.6) is 5.75 Å². The van der Waals surface area contributed by atoms with E-state index in [-0.39, 0.29) is 0 Å². The van der Waals surface area contributed by atoms with Crippen LogP contribution in [0, 0.1) is 17.8 Å². The molecule has 3 aliphatic carbocycles. The number of benzene rings is 1. The first-order chi connectivity index (χ1) is 12.8. The Hall–Kier alpha value is -1.74. The molecule has 4 atom stereocenters. The van der Waals surface area contributed by atoms with Gasteiger partial charge in [-0.25, -0.2) is 0 Å². The van der Waals surface area contributed by atoms with Gasteiger partial charge in [-0.3, -0.25) is 0 Å². The van der Waals surface area contributed by atoms with Crippen LogP contribution in [-0.4, -0.2) is 5.54 Å². The molecule has 0 spiro atoms. The van der Waals surface area contributed by atoms with E-state index < -0.39 is 0 Å². The van der Waals surface area contributed by atoms with Gasteiger partial charge in [0.1, 0.15) is 18.1 Å². The van der Waals surface area contributed by atoms with Crippen molar-refractivity contribution < 1.29 is 9.15 Å². The van der Waals surface area contributed by atoms with Gasteiger partial charge in [0, 0.05) is 12.1 Å². The first kappa shape index (κ1) is 16.4. The van der Waals surface area contributed by atoms with Gasteiger partial charge in [-0.1, -0.05) is 18.6 Å². The molecular weight excluding hydrogens is 322 g/mol. The molecule has 4 unspecified atom stereocenters. The summed E-state index contributed by atoms with van der Waals surface area (Å²) in [7, 11) is 0. The monoisotopic (exact) mass is 351 g/mol. The van der Waals surface area contributed by atoms with E-state index in [2.05, 4.69) is 29.6 Å². The highest BCUT2D eigenvalue weighted by Gasteiger charge is 2.48. The highest BCUT2D eigenvalue weighted by molar-refractivity contribution is 5.27. The lowest BCUT2D eigenvalue weighted by Crippen LogP contribution is -2.56. The van der Waals surface area contributed by atoms with Crippen LogP contribution in [0.3, 0.4) is 0 Å². The Labute approximate surface area is 156 Å². The van der Waals surface area contributed by atoms with Crippen molar-refractivity contribution in [1.29, 1.82) is 0 Å². The summed E-state index contributed by atoms with van der Waals surface area (Å²) in [5.41, 5.74) is 1.77. The molecule has 2 aromatic rings. The van der Waals surface area contributed by atoms with Gasteiger partial charge in [-0.2, -0.15) is 0 Å². The topological polar surface area (TPSA) is 34.4 Å². The second kappa shape index (κ2) is 6.77. The Morgan fingerprint density at radius 1 is 1.04 bits per heavy atom. The van der Waals surface area contributed by atoms with Crippen molar-refractivity contribution in [2.45, 2.75) is 63.6 Å². The van der Waals surface area contributed by atoms with Crippen LogP contribution in [0.25, 0.3) is 0 Å². The predicted molar refractivity (Wildman–Crippen MR) is 102 cm³/mol. The summed E-state index contributed by atoms with van der Waals surface area (Å²) in [6.07, 6.45) is 11.8. The molecule has 138 valence electrons. The van der Waals surface area contributed by atoms with Gasteiger partial charge in [-0.05, 0) is 86.1 Å². The molecule has 3 saturated carbocycles. The number of rotatable bonds is 6. The van der Waals surface area contributed by atoms with Crippen LogP contribution in [0.15, 0.2) is 47.1 Å². The molecule has 1 N–H and O–H groups in total. The Morgan fingerprint density at radius 2 is 1.96 bits per heavy atom. The van der Waals surface area contributed by atoms with Crippen LogP contribution < -0.4 is 10.1 Å².